The highest BCUT2D eigenvalue weighted by Crippen LogP contribution is 2.39. The highest BCUT2D eigenvalue weighted by molar-refractivity contribution is 6.30. The van der Waals surface area contributed by atoms with E-state index in [1.54, 1.807) is 42.5 Å². The molecule has 9 nitrogen and oxygen atoms in total. The molecular formula is C28H23ClF2N4O5. The van der Waals surface area contributed by atoms with Gasteiger partial charge in [0.15, 0.2) is 11.4 Å². The number of amides is 1. The van der Waals surface area contributed by atoms with E-state index in [1.807, 2.05) is 0 Å². The molecule has 1 fully saturated rings. The summed E-state index contributed by atoms with van der Waals surface area (Å²) in [7, 11) is 2.84. The number of benzene rings is 2. The summed E-state index contributed by atoms with van der Waals surface area (Å²) < 4.78 is 39.9. The van der Waals surface area contributed by atoms with Crippen LogP contribution in [-0.4, -0.2) is 57.8 Å². The van der Waals surface area contributed by atoms with Gasteiger partial charge >= 0.3 is 0 Å². The third kappa shape index (κ3) is 4.84. The zero-order chi connectivity index (χ0) is 28.6. The molecule has 12 heteroatoms. The number of pyridine rings is 1. The van der Waals surface area contributed by atoms with Gasteiger partial charge in [-0.2, -0.15) is 4.98 Å². The van der Waals surface area contributed by atoms with Crippen molar-refractivity contribution in [2.75, 3.05) is 27.3 Å². The summed E-state index contributed by atoms with van der Waals surface area (Å²) in [6, 6.07) is 12.1. The molecule has 0 radical (unpaired) electrons. The van der Waals surface area contributed by atoms with Gasteiger partial charge in [-0.15, -0.1) is 0 Å². The van der Waals surface area contributed by atoms with Crippen LogP contribution in [0.1, 0.15) is 28.4 Å². The average Bonchev–Trinajstić information content (AvgIpc) is 3.42. The summed E-state index contributed by atoms with van der Waals surface area (Å²) in [5, 5.41) is 11.9. The molecule has 1 amide bonds. The number of hydrogen-bond acceptors (Lipinski definition) is 7. The van der Waals surface area contributed by atoms with E-state index in [2.05, 4.69) is 9.97 Å². The Labute approximate surface area is 232 Å². The SMILES string of the molecule is COc1cccc(OC)c1-n1c(-c2cccc(Cl)c2)nc(=O)c(C(=O)N2CCC(c3ncc(F)cc3F)C2)c1O. The first-order valence-electron chi connectivity index (χ1n) is 12.2. The molecule has 4 aromatic rings. The molecule has 1 unspecified atom stereocenters. The summed E-state index contributed by atoms with van der Waals surface area (Å²) in [4.78, 5) is 36.3. The molecule has 1 saturated heterocycles. The van der Waals surface area contributed by atoms with Crippen molar-refractivity contribution in [2.45, 2.75) is 12.3 Å². The van der Waals surface area contributed by atoms with Gasteiger partial charge in [-0.25, -0.2) is 8.78 Å². The number of hydrogen-bond donors (Lipinski definition) is 1. The van der Waals surface area contributed by atoms with Crippen molar-refractivity contribution >= 4 is 17.5 Å². The Balaban J connectivity index is 1.65. The fraction of sp³-hybridized carbons (Fsp3) is 0.214. The molecule has 0 aliphatic carbocycles. The predicted octanol–water partition coefficient (Wildman–Crippen LogP) is 4.58. The van der Waals surface area contributed by atoms with E-state index >= 15 is 0 Å². The van der Waals surface area contributed by atoms with Crippen molar-refractivity contribution in [3.05, 3.63) is 93.0 Å². The topological polar surface area (TPSA) is 107 Å². The van der Waals surface area contributed by atoms with Gasteiger partial charge in [-0.05, 0) is 30.7 Å². The van der Waals surface area contributed by atoms with Crippen LogP contribution in [0.5, 0.6) is 17.4 Å². The minimum atomic E-state index is -0.975. The Morgan fingerprint density at radius 1 is 1.10 bits per heavy atom. The first-order chi connectivity index (χ1) is 19.2. The molecule has 0 saturated carbocycles. The smallest absolute Gasteiger partial charge is 0.290 e. The minimum Gasteiger partial charge on any atom is -0.494 e. The van der Waals surface area contributed by atoms with Crippen molar-refractivity contribution in [3.8, 4) is 34.5 Å². The lowest BCUT2D eigenvalue weighted by Crippen LogP contribution is -2.34. The van der Waals surface area contributed by atoms with Crippen LogP contribution in [0, 0.1) is 11.6 Å². The molecule has 206 valence electrons. The molecule has 0 spiro atoms. The molecule has 1 aliphatic rings. The molecule has 3 heterocycles. The van der Waals surface area contributed by atoms with Crippen molar-refractivity contribution in [1.29, 1.82) is 0 Å². The zero-order valence-electron chi connectivity index (χ0n) is 21.4. The molecule has 1 atom stereocenters. The van der Waals surface area contributed by atoms with Crippen molar-refractivity contribution in [2.24, 2.45) is 0 Å². The average molecular weight is 569 g/mol. The number of aromatic nitrogens is 3. The van der Waals surface area contributed by atoms with E-state index in [-0.39, 0.29) is 41.8 Å². The summed E-state index contributed by atoms with van der Waals surface area (Å²) >= 11 is 6.20. The first-order valence-corrected chi connectivity index (χ1v) is 12.5. The van der Waals surface area contributed by atoms with E-state index in [0.29, 0.717) is 17.0 Å². The summed E-state index contributed by atoms with van der Waals surface area (Å²) in [5.41, 5.74) is -0.972. The quantitative estimate of drug-likeness (QED) is 0.363. The molecule has 1 N–H and O–H groups in total. The van der Waals surface area contributed by atoms with Crippen LogP contribution in [0.2, 0.25) is 5.02 Å². The van der Waals surface area contributed by atoms with Crippen LogP contribution in [0.4, 0.5) is 8.78 Å². The highest BCUT2D eigenvalue weighted by atomic mass is 35.5. The van der Waals surface area contributed by atoms with Gasteiger partial charge in [0.1, 0.15) is 28.8 Å². The van der Waals surface area contributed by atoms with Crippen LogP contribution in [0.15, 0.2) is 59.5 Å². The third-order valence-electron chi connectivity index (χ3n) is 6.69. The second-order valence-corrected chi connectivity index (χ2v) is 9.49. The normalized spacial score (nSPS) is 14.8. The predicted molar refractivity (Wildman–Crippen MR) is 142 cm³/mol. The number of carbonyl (C=O) groups is 1. The van der Waals surface area contributed by atoms with E-state index < -0.39 is 40.5 Å². The van der Waals surface area contributed by atoms with Gasteiger partial charge in [-0.3, -0.25) is 19.1 Å². The second kappa shape index (κ2) is 10.9. The van der Waals surface area contributed by atoms with E-state index in [9.17, 15) is 23.5 Å². The molecule has 5 rings (SSSR count). The maximum atomic E-state index is 14.4. The number of methoxy groups -OCH3 is 2. The second-order valence-electron chi connectivity index (χ2n) is 9.05. The Kier molecular flexibility index (Phi) is 7.40. The maximum absolute atomic E-state index is 14.4. The molecule has 40 heavy (non-hydrogen) atoms. The van der Waals surface area contributed by atoms with E-state index in [1.165, 1.54) is 23.7 Å². The third-order valence-corrected chi connectivity index (χ3v) is 6.92. The zero-order valence-corrected chi connectivity index (χ0v) is 22.2. The van der Waals surface area contributed by atoms with Crippen molar-refractivity contribution < 1.29 is 28.2 Å². The number of halogens is 3. The standard InChI is InChI=1S/C28H23ClF2N4O5/c1-39-20-7-4-8-21(40-2)24(20)35-25(15-5-3-6-17(29)11-15)33-26(36)22(28(35)38)27(37)34-10-9-16(14-34)23-19(31)12-18(30)13-32-23/h3-8,11-13,16,38H,9-10,14H2,1-2H3. The lowest BCUT2D eigenvalue weighted by Gasteiger charge is -2.22. The number of para-hydroxylation sites is 1. The van der Waals surface area contributed by atoms with Gasteiger partial charge in [0.05, 0.1) is 26.1 Å². The fourth-order valence-electron chi connectivity index (χ4n) is 4.83. The lowest BCUT2D eigenvalue weighted by atomic mass is 10.0. The number of nitrogens with zero attached hydrogens (tertiary/aromatic N) is 4. The molecule has 0 bridgehead atoms. The molecular weight excluding hydrogens is 546 g/mol. The van der Waals surface area contributed by atoms with Gasteiger partial charge < -0.3 is 19.5 Å². The minimum absolute atomic E-state index is 0.00128. The van der Waals surface area contributed by atoms with E-state index in [4.69, 9.17) is 21.1 Å². The van der Waals surface area contributed by atoms with E-state index in [0.717, 1.165) is 12.3 Å². The van der Waals surface area contributed by atoms with Crippen LogP contribution >= 0.6 is 11.6 Å². The lowest BCUT2D eigenvalue weighted by molar-refractivity contribution is 0.0784. The number of ether oxygens (including phenoxy) is 2. The number of rotatable bonds is 6. The largest absolute Gasteiger partial charge is 0.494 e. The van der Waals surface area contributed by atoms with Gasteiger partial charge in [0.25, 0.3) is 11.5 Å². The van der Waals surface area contributed by atoms with Crippen LogP contribution in [0.25, 0.3) is 17.1 Å². The number of carbonyl (C=O) groups excluding carboxylic acids is 1. The van der Waals surface area contributed by atoms with Crippen LogP contribution in [0.3, 0.4) is 0 Å². The fourth-order valence-corrected chi connectivity index (χ4v) is 5.02. The number of aromatic hydroxyl groups is 1. The van der Waals surface area contributed by atoms with Crippen molar-refractivity contribution in [3.63, 3.8) is 0 Å². The highest BCUT2D eigenvalue weighted by Gasteiger charge is 2.35. The van der Waals surface area contributed by atoms with Gasteiger partial charge in [-0.1, -0.05) is 29.8 Å². The Morgan fingerprint density at radius 3 is 2.45 bits per heavy atom. The Hall–Kier alpha value is -4.51. The first kappa shape index (κ1) is 27.1. The monoisotopic (exact) mass is 568 g/mol. The van der Waals surface area contributed by atoms with Crippen LogP contribution in [-0.2, 0) is 0 Å². The van der Waals surface area contributed by atoms with Gasteiger partial charge in [0, 0.05) is 35.7 Å². The summed E-state index contributed by atoms with van der Waals surface area (Å²) in [5.74, 6) is -3.14. The van der Waals surface area contributed by atoms with Gasteiger partial charge in [0.2, 0.25) is 5.88 Å². The summed E-state index contributed by atoms with van der Waals surface area (Å²) in [6.07, 6.45) is 1.23. The Bertz CT molecular complexity index is 1660. The Morgan fingerprint density at radius 2 is 1.80 bits per heavy atom. The molecule has 1 aliphatic heterocycles. The van der Waals surface area contributed by atoms with Crippen molar-refractivity contribution in [1.82, 2.24) is 19.4 Å². The maximum Gasteiger partial charge on any atom is 0.290 e. The van der Waals surface area contributed by atoms with Crippen LogP contribution < -0.4 is 15.0 Å². The number of likely N-dealkylation sites (tertiary alicyclic amines) is 1. The molecule has 2 aromatic heterocycles. The summed E-state index contributed by atoms with van der Waals surface area (Å²) in [6.45, 7) is 0.149. The molecule has 2 aromatic carbocycles.